The first-order valence-electron chi connectivity index (χ1n) is 7.03. The van der Waals surface area contributed by atoms with Crippen LogP contribution in [0.2, 0.25) is 0 Å². The topological polar surface area (TPSA) is 69.7 Å². The third-order valence-electron chi connectivity index (χ3n) is 3.60. The molecule has 6 nitrogen and oxygen atoms in total. The molecule has 1 aromatic rings. The molecule has 1 heterocycles. The maximum absolute atomic E-state index is 13.8. The fraction of sp³-hybridized carbons (Fsp3) is 0.500. The van der Waals surface area contributed by atoms with Crippen molar-refractivity contribution < 1.29 is 17.6 Å². The summed E-state index contributed by atoms with van der Waals surface area (Å²) in [5.74, 6) is -1.09. The fourth-order valence-electron chi connectivity index (χ4n) is 2.27. The second-order valence-electron chi connectivity index (χ2n) is 5.33. The van der Waals surface area contributed by atoms with E-state index >= 15 is 0 Å². The van der Waals surface area contributed by atoms with Crippen molar-refractivity contribution in [2.75, 3.05) is 39.8 Å². The number of sulfonamides is 1. The Morgan fingerprint density at radius 2 is 2.00 bits per heavy atom. The predicted molar refractivity (Wildman–Crippen MR) is 80.4 cm³/mol. The van der Waals surface area contributed by atoms with E-state index in [0.29, 0.717) is 31.7 Å². The van der Waals surface area contributed by atoms with Gasteiger partial charge in [-0.3, -0.25) is 4.79 Å². The van der Waals surface area contributed by atoms with Gasteiger partial charge in [-0.1, -0.05) is 6.07 Å². The Balaban J connectivity index is 2.15. The minimum Gasteiger partial charge on any atom is -0.339 e. The number of carbonyl (C=O) groups excluding carboxylic acids is 1. The van der Waals surface area contributed by atoms with Crippen molar-refractivity contribution in [2.45, 2.75) is 11.8 Å². The highest BCUT2D eigenvalue weighted by Crippen LogP contribution is 2.19. The zero-order chi connectivity index (χ0) is 16.3. The first-order chi connectivity index (χ1) is 10.3. The second-order valence-corrected chi connectivity index (χ2v) is 7.34. The molecule has 1 aliphatic heterocycles. The predicted octanol–water partition coefficient (Wildman–Crippen LogP) is 0.186. The van der Waals surface area contributed by atoms with E-state index in [9.17, 15) is 17.6 Å². The van der Waals surface area contributed by atoms with Gasteiger partial charge in [-0.15, -0.1) is 0 Å². The van der Waals surface area contributed by atoms with Crippen molar-refractivity contribution in [3.63, 3.8) is 0 Å². The number of nitrogens with one attached hydrogen (secondary N) is 1. The minimum absolute atomic E-state index is 0.277. The first kappa shape index (κ1) is 16.9. The molecule has 0 aromatic heterocycles. The van der Waals surface area contributed by atoms with Crippen LogP contribution in [0, 0.1) is 12.7 Å². The van der Waals surface area contributed by atoms with Crippen molar-refractivity contribution in [3.8, 4) is 0 Å². The number of hydrogen-bond acceptors (Lipinski definition) is 4. The van der Waals surface area contributed by atoms with Gasteiger partial charge in [0.15, 0.2) is 0 Å². The molecule has 22 heavy (non-hydrogen) atoms. The maximum atomic E-state index is 13.8. The van der Waals surface area contributed by atoms with E-state index in [1.165, 1.54) is 19.2 Å². The van der Waals surface area contributed by atoms with Gasteiger partial charge in [0, 0.05) is 33.2 Å². The summed E-state index contributed by atoms with van der Waals surface area (Å²) < 4.78 is 39.6. The van der Waals surface area contributed by atoms with Gasteiger partial charge >= 0.3 is 0 Å². The van der Waals surface area contributed by atoms with E-state index in [2.05, 4.69) is 5.32 Å². The molecule has 0 saturated carbocycles. The number of hydrogen-bond donors (Lipinski definition) is 1. The average molecular weight is 329 g/mol. The van der Waals surface area contributed by atoms with Gasteiger partial charge in [0.2, 0.25) is 15.9 Å². The lowest BCUT2D eigenvalue weighted by Gasteiger charge is -2.29. The van der Waals surface area contributed by atoms with Gasteiger partial charge in [0.25, 0.3) is 0 Å². The lowest BCUT2D eigenvalue weighted by molar-refractivity contribution is -0.131. The van der Waals surface area contributed by atoms with E-state index in [4.69, 9.17) is 0 Å². The summed E-state index contributed by atoms with van der Waals surface area (Å²) in [6.45, 7) is 3.86. The monoisotopic (exact) mass is 329 g/mol. The maximum Gasteiger partial charge on any atom is 0.246 e. The first-order valence-corrected chi connectivity index (χ1v) is 8.47. The average Bonchev–Trinajstić information content (AvgIpc) is 2.50. The van der Waals surface area contributed by atoms with Crippen LogP contribution in [0.5, 0.6) is 0 Å². The van der Waals surface area contributed by atoms with Gasteiger partial charge in [-0.05, 0) is 24.6 Å². The van der Waals surface area contributed by atoms with Crippen LogP contribution >= 0.6 is 0 Å². The van der Waals surface area contributed by atoms with Crippen LogP contribution in [0.1, 0.15) is 5.56 Å². The summed E-state index contributed by atoms with van der Waals surface area (Å²) in [6, 6.07) is 3.89. The summed E-state index contributed by atoms with van der Waals surface area (Å²) in [5, 5.41) is 3.12. The number of amides is 1. The molecule has 2 rings (SSSR count). The van der Waals surface area contributed by atoms with Gasteiger partial charge in [0.05, 0.1) is 6.54 Å². The molecule has 1 aliphatic rings. The molecule has 1 N–H and O–H groups in total. The molecule has 122 valence electrons. The normalized spacial score (nSPS) is 16.1. The Labute approximate surface area is 130 Å². The second kappa shape index (κ2) is 6.72. The molecule has 0 atom stereocenters. The molecular formula is C14H20FN3O3S. The van der Waals surface area contributed by atoms with Crippen molar-refractivity contribution >= 4 is 15.9 Å². The minimum atomic E-state index is -4.03. The van der Waals surface area contributed by atoms with Crippen LogP contribution in [0.3, 0.4) is 0 Å². The van der Waals surface area contributed by atoms with Gasteiger partial charge in [-0.2, -0.15) is 4.31 Å². The molecule has 1 fully saturated rings. The number of halogens is 1. The zero-order valence-electron chi connectivity index (χ0n) is 12.7. The van der Waals surface area contributed by atoms with Gasteiger partial charge in [0.1, 0.15) is 10.7 Å². The van der Waals surface area contributed by atoms with Gasteiger partial charge < -0.3 is 10.2 Å². The van der Waals surface area contributed by atoms with E-state index in [0.717, 1.165) is 10.4 Å². The lowest BCUT2D eigenvalue weighted by atomic mass is 10.2. The van der Waals surface area contributed by atoms with Crippen LogP contribution in [0.15, 0.2) is 23.1 Å². The molecule has 1 aromatic carbocycles. The lowest BCUT2D eigenvalue weighted by Crippen LogP contribution is -2.49. The molecule has 8 heteroatoms. The Kier molecular flexibility index (Phi) is 5.15. The van der Waals surface area contributed by atoms with E-state index in [1.54, 1.807) is 11.8 Å². The molecule has 1 saturated heterocycles. The Hall–Kier alpha value is -1.51. The summed E-state index contributed by atoms with van der Waals surface area (Å²) >= 11 is 0. The smallest absolute Gasteiger partial charge is 0.246 e. The highest BCUT2D eigenvalue weighted by Gasteiger charge is 2.28. The number of piperazine rings is 1. The Bertz CT molecular complexity index is 657. The molecular weight excluding hydrogens is 309 g/mol. The van der Waals surface area contributed by atoms with Crippen LogP contribution < -0.4 is 5.32 Å². The van der Waals surface area contributed by atoms with Crippen LogP contribution in [-0.4, -0.2) is 63.3 Å². The highest BCUT2D eigenvalue weighted by molar-refractivity contribution is 7.89. The zero-order valence-corrected chi connectivity index (χ0v) is 13.5. The van der Waals surface area contributed by atoms with E-state index < -0.39 is 20.7 Å². The summed E-state index contributed by atoms with van der Waals surface area (Å²) in [4.78, 5) is 13.3. The molecule has 0 radical (unpaired) electrons. The third kappa shape index (κ3) is 3.63. The molecule has 0 spiro atoms. The van der Waals surface area contributed by atoms with Gasteiger partial charge in [-0.25, -0.2) is 12.8 Å². The largest absolute Gasteiger partial charge is 0.339 e. The molecule has 1 amide bonds. The number of likely N-dealkylation sites (N-methyl/N-ethyl adjacent to an activating group) is 1. The molecule has 0 aliphatic carbocycles. The summed E-state index contributed by atoms with van der Waals surface area (Å²) in [5.41, 5.74) is 0.641. The molecule has 0 bridgehead atoms. The van der Waals surface area contributed by atoms with Crippen LogP contribution in [-0.2, 0) is 14.8 Å². The number of nitrogens with zero attached hydrogens (tertiary/aromatic N) is 2. The number of aryl methyl sites for hydroxylation is 1. The van der Waals surface area contributed by atoms with Crippen LogP contribution in [0.25, 0.3) is 0 Å². The highest BCUT2D eigenvalue weighted by atomic mass is 32.2. The third-order valence-corrected chi connectivity index (χ3v) is 5.42. The van der Waals surface area contributed by atoms with Crippen molar-refractivity contribution in [3.05, 3.63) is 29.6 Å². The molecule has 0 unspecified atom stereocenters. The number of carbonyl (C=O) groups is 1. The quantitative estimate of drug-likeness (QED) is 0.856. The Morgan fingerprint density at radius 1 is 1.36 bits per heavy atom. The van der Waals surface area contributed by atoms with Crippen LogP contribution in [0.4, 0.5) is 4.39 Å². The number of rotatable bonds is 4. The van der Waals surface area contributed by atoms with Crippen molar-refractivity contribution in [2.24, 2.45) is 0 Å². The SMILES string of the molecule is Cc1ccc(F)c(S(=O)(=O)N(C)CC(=O)N2CCNCC2)c1. The van der Waals surface area contributed by atoms with Crippen molar-refractivity contribution in [1.29, 1.82) is 0 Å². The van der Waals surface area contributed by atoms with E-state index in [1.807, 2.05) is 0 Å². The fourth-order valence-corrected chi connectivity index (χ4v) is 3.53. The Morgan fingerprint density at radius 3 is 2.64 bits per heavy atom. The standard InChI is InChI=1S/C14H20FN3O3S/c1-11-3-4-12(15)13(9-11)22(20,21)17(2)10-14(19)18-7-5-16-6-8-18/h3-4,9,16H,5-8,10H2,1-2H3. The van der Waals surface area contributed by atoms with Crippen molar-refractivity contribution in [1.82, 2.24) is 14.5 Å². The van der Waals surface area contributed by atoms with E-state index in [-0.39, 0.29) is 12.5 Å². The summed E-state index contributed by atoms with van der Waals surface area (Å²) in [7, 11) is -2.74. The summed E-state index contributed by atoms with van der Waals surface area (Å²) in [6.07, 6.45) is 0. The number of benzene rings is 1.